The molecule has 1 heterocycles. The maximum Gasteiger partial charge on any atom is 0.219 e. The van der Waals surface area contributed by atoms with E-state index in [-0.39, 0.29) is 12.0 Å². The number of carbonyl (C=O) groups is 1. The fourth-order valence-corrected chi connectivity index (χ4v) is 3.03. The second-order valence-electron chi connectivity index (χ2n) is 6.84. The van der Waals surface area contributed by atoms with E-state index in [9.17, 15) is 4.79 Å². The molecule has 1 amide bonds. The fraction of sp³-hybridized carbons (Fsp3) is 0.600. The van der Waals surface area contributed by atoms with Gasteiger partial charge in [-0.1, -0.05) is 6.07 Å². The summed E-state index contributed by atoms with van der Waals surface area (Å²) in [5.74, 6) is 2.47. The maximum atomic E-state index is 11.4. The summed E-state index contributed by atoms with van der Waals surface area (Å²) in [5.41, 5.74) is 0. The van der Waals surface area contributed by atoms with Crippen molar-refractivity contribution in [1.29, 1.82) is 0 Å². The summed E-state index contributed by atoms with van der Waals surface area (Å²) in [6.07, 6.45) is -0.0229. The van der Waals surface area contributed by atoms with Crippen molar-refractivity contribution in [3.63, 3.8) is 0 Å². The van der Waals surface area contributed by atoms with E-state index in [2.05, 4.69) is 20.5 Å². The van der Waals surface area contributed by atoms with E-state index < -0.39 is 0 Å². The molecule has 0 radical (unpaired) electrons. The number of guanidine groups is 1. The first-order chi connectivity index (χ1) is 13.5. The lowest BCUT2D eigenvalue weighted by molar-refractivity contribution is -0.130. The number of hydrogen-bond donors (Lipinski definition) is 2. The Balaban J connectivity index is 1.65. The number of methoxy groups -OCH3 is 1. The molecule has 1 aromatic carbocycles. The standard InChI is InChI=1S/C20H33N5O3/c1-16(28-19-7-5-6-18(14-19)27-4)15-23-20(21-3)22-8-9-24-10-12-25(13-11-24)17(2)26/h5-7,14,16H,8-13,15H2,1-4H3,(H2,21,22,23). The van der Waals surface area contributed by atoms with Gasteiger partial charge in [0, 0.05) is 59.3 Å². The van der Waals surface area contributed by atoms with Crippen LogP contribution < -0.4 is 20.1 Å². The second-order valence-corrected chi connectivity index (χ2v) is 6.84. The van der Waals surface area contributed by atoms with Gasteiger partial charge in [0.2, 0.25) is 5.91 Å². The van der Waals surface area contributed by atoms with E-state index in [1.54, 1.807) is 21.1 Å². The number of rotatable bonds is 8. The van der Waals surface area contributed by atoms with Crippen LogP contribution in [-0.4, -0.2) is 87.7 Å². The molecule has 1 aromatic rings. The molecule has 0 spiro atoms. The van der Waals surface area contributed by atoms with Crippen molar-refractivity contribution in [1.82, 2.24) is 20.4 Å². The van der Waals surface area contributed by atoms with E-state index in [1.807, 2.05) is 36.1 Å². The quantitative estimate of drug-likeness (QED) is 0.504. The topological polar surface area (TPSA) is 78.4 Å². The van der Waals surface area contributed by atoms with Crippen molar-refractivity contribution in [2.45, 2.75) is 20.0 Å². The van der Waals surface area contributed by atoms with Gasteiger partial charge < -0.3 is 25.0 Å². The molecule has 1 unspecified atom stereocenters. The van der Waals surface area contributed by atoms with Gasteiger partial charge in [-0.15, -0.1) is 0 Å². The Hall–Kier alpha value is -2.48. The van der Waals surface area contributed by atoms with Crippen molar-refractivity contribution in [3.8, 4) is 11.5 Å². The zero-order chi connectivity index (χ0) is 20.4. The molecule has 28 heavy (non-hydrogen) atoms. The lowest BCUT2D eigenvalue weighted by Gasteiger charge is -2.34. The number of hydrogen-bond acceptors (Lipinski definition) is 5. The average Bonchev–Trinajstić information content (AvgIpc) is 2.71. The SMILES string of the molecule is CN=C(NCCN1CCN(C(C)=O)CC1)NCC(C)Oc1cccc(OC)c1. The highest BCUT2D eigenvalue weighted by atomic mass is 16.5. The van der Waals surface area contributed by atoms with Crippen molar-refractivity contribution >= 4 is 11.9 Å². The molecular formula is C20H33N5O3. The van der Waals surface area contributed by atoms with Gasteiger partial charge in [-0.05, 0) is 19.1 Å². The minimum atomic E-state index is -0.0229. The highest BCUT2D eigenvalue weighted by Gasteiger charge is 2.18. The van der Waals surface area contributed by atoms with Crippen molar-refractivity contribution in [2.75, 3.05) is 60.0 Å². The van der Waals surface area contributed by atoms with Gasteiger partial charge in [-0.2, -0.15) is 0 Å². The maximum absolute atomic E-state index is 11.4. The summed E-state index contributed by atoms with van der Waals surface area (Å²) >= 11 is 0. The molecule has 0 bridgehead atoms. The van der Waals surface area contributed by atoms with E-state index in [0.29, 0.717) is 6.54 Å². The Morgan fingerprint density at radius 2 is 1.93 bits per heavy atom. The van der Waals surface area contributed by atoms with E-state index >= 15 is 0 Å². The Labute approximate surface area is 167 Å². The Bertz CT molecular complexity index is 644. The van der Waals surface area contributed by atoms with Crippen LogP contribution in [0.5, 0.6) is 11.5 Å². The van der Waals surface area contributed by atoms with Crippen LogP contribution in [0.15, 0.2) is 29.3 Å². The summed E-state index contributed by atoms with van der Waals surface area (Å²) in [7, 11) is 3.40. The molecule has 1 saturated heterocycles. The number of ether oxygens (including phenoxy) is 2. The predicted octanol–water partition coefficient (Wildman–Crippen LogP) is 0.792. The molecule has 2 N–H and O–H groups in total. The van der Waals surface area contributed by atoms with Crippen LogP contribution in [0.1, 0.15) is 13.8 Å². The van der Waals surface area contributed by atoms with Crippen LogP contribution >= 0.6 is 0 Å². The third-order valence-electron chi connectivity index (χ3n) is 4.70. The molecule has 0 aromatic heterocycles. The summed E-state index contributed by atoms with van der Waals surface area (Å²) in [5, 5.41) is 6.62. The van der Waals surface area contributed by atoms with Gasteiger partial charge in [-0.25, -0.2) is 0 Å². The average molecular weight is 392 g/mol. The summed E-state index contributed by atoms with van der Waals surface area (Å²) in [6.45, 7) is 9.43. The number of aliphatic imine (C=N–C) groups is 1. The molecule has 2 rings (SSSR count). The lowest BCUT2D eigenvalue weighted by Crippen LogP contribution is -2.50. The molecular weight excluding hydrogens is 358 g/mol. The van der Waals surface area contributed by atoms with Crippen molar-refractivity contribution in [2.24, 2.45) is 4.99 Å². The molecule has 1 aliphatic rings. The normalized spacial score (nSPS) is 16.4. The summed E-state index contributed by atoms with van der Waals surface area (Å²) in [4.78, 5) is 19.9. The first-order valence-corrected chi connectivity index (χ1v) is 9.75. The minimum Gasteiger partial charge on any atom is -0.497 e. The van der Waals surface area contributed by atoms with E-state index in [4.69, 9.17) is 9.47 Å². The molecule has 8 heteroatoms. The van der Waals surface area contributed by atoms with Crippen LogP contribution in [0.25, 0.3) is 0 Å². The monoisotopic (exact) mass is 391 g/mol. The first kappa shape index (κ1) is 21.8. The van der Waals surface area contributed by atoms with Crippen LogP contribution in [0.4, 0.5) is 0 Å². The largest absolute Gasteiger partial charge is 0.497 e. The fourth-order valence-electron chi connectivity index (χ4n) is 3.03. The van der Waals surface area contributed by atoms with Gasteiger partial charge in [0.1, 0.15) is 17.6 Å². The molecule has 0 saturated carbocycles. The van der Waals surface area contributed by atoms with Gasteiger partial charge in [0.15, 0.2) is 5.96 Å². The Morgan fingerprint density at radius 3 is 2.57 bits per heavy atom. The zero-order valence-electron chi connectivity index (χ0n) is 17.4. The third kappa shape index (κ3) is 7.26. The molecule has 0 aliphatic carbocycles. The number of benzene rings is 1. The minimum absolute atomic E-state index is 0.0229. The predicted molar refractivity (Wildman–Crippen MR) is 111 cm³/mol. The molecule has 1 atom stereocenters. The lowest BCUT2D eigenvalue weighted by atomic mass is 10.3. The van der Waals surface area contributed by atoms with Crippen LogP contribution in [0.3, 0.4) is 0 Å². The van der Waals surface area contributed by atoms with Gasteiger partial charge in [0.25, 0.3) is 0 Å². The first-order valence-electron chi connectivity index (χ1n) is 9.75. The van der Waals surface area contributed by atoms with Gasteiger partial charge in [-0.3, -0.25) is 14.7 Å². The Morgan fingerprint density at radius 1 is 1.21 bits per heavy atom. The van der Waals surface area contributed by atoms with E-state index in [0.717, 1.165) is 56.7 Å². The van der Waals surface area contributed by atoms with Crippen LogP contribution in [-0.2, 0) is 4.79 Å². The number of nitrogens with one attached hydrogen (secondary N) is 2. The summed E-state index contributed by atoms with van der Waals surface area (Å²) < 4.78 is 11.1. The molecule has 156 valence electrons. The summed E-state index contributed by atoms with van der Waals surface area (Å²) in [6, 6.07) is 7.58. The van der Waals surface area contributed by atoms with Crippen molar-refractivity contribution < 1.29 is 14.3 Å². The van der Waals surface area contributed by atoms with E-state index in [1.165, 1.54) is 0 Å². The third-order valence-corrected chi connectivity index (χ3v) is 4.70. The van der Waals surface area contributed by atoms with Gasteiger partial charge >= 0.3 is 0 Å². The number of nitrogens with zero attached hydrogens (tertiary/aromatic N) is 3. The Kier molecular flexibility index (Phi) is 8.87. The number of carbonyl (C=O) groups excluding carboxylic acids is 1. The van der Waals surface area contributed by atoms with Gasteiger partial charge in [0.05, 0.1) is 13.7 Å². The van der Waals surface area contributed by atoms with Crippen molar-refractivity contribution in [3.05, 3.63) is 24.3 Å². The smallest absolute Gasteiger partial charge is 0.219 e. The molecule has 8 nitrogen and oxygen atoms in total. The molecule has 1 aliphatic heterocycles. The zero-order valence-corrected chi connectivity index (χ0v) is 17.4. The number of piperazine rings is 1. The second kappa shape index (κ2) is 11.4. The highest BCUT2D eigenvalue weighted by Crippen LogP contribution is 2.19. The van der Waals surface area contributed by atoms with Crippen LogP contribution in [0, 0.1) is 0 Å². The van der Waals surface area contributed by atoms with Crippen LogP contribution in [0.2, 0.25) is 0 Å². The highest BCUT2D eigenvalue weighted by molar-refractivity contribution is 5.79. The number of amides is 1. The molecule has 1 fully saturated rings.